The summed E-state index contributed by atoms with van der Waals surface area (Å²) in [6, 6.07) is 0. The molecule has 0 spiro atoms. The molecule has 0 saturated carbocycles. The van der Waals surface area contributed by atoms with E-state index in [0.717, 1.165) is 63.7 Å². The molecule has 2 N–H and O–H groups in total. The van der Waals surface area contributed by atoms with Crippen molar-refractivity contribution in [2.75, 3.05) is 56.6 Å². The average molecular weight is 279 g/mol. The standard InChI is InChI=1S/C14H25N5O/c1-3-15-14-17-11-12(2)13(18-14)16-5-4-6-19-7-9-20-10-8-19/h11H,3-10H2,1-2H3,(H2,15,16,17,18). The third-order valence-corrected chi connectivity index (χ3v) is 3.35. The number of aromatic nitrogens is 2. The van der Waals surface area contributed by atoms with Crippen LogP contribution in [-0.4, -0.2) is 60.8 Å². The Kier molecular flexibility index (Phi) is 6.01. The molecule has 0 atom stereocenters. The number of hydrogen-bond donors (Lipinski definition) is 2. The molecule has 2 rings (SSSR count). The molecule has 0 radical (unpaired) electrons. The second-order valence-corrected chi connectivity index (χ2v) is 4.99. The monoisotopic (exact) mass is 279 g/mol. The highest BCUT2D eigenvalue weighted by molar-refractivity contribution is 5.46. The van der Waals surface area contributed by atoms with E-state index in [9.17, 15) is 0 Å². The van der Waals surface area contributed by atoms with Crippen LogP contribution in [0.2, 0.25) is 0 Å². The van der Waals surface area contributed by atoms with Gasteiger partial charge in [-0.25, -0.2) is 4.98 Å². The first kappa shape index (κ1) is 15.0. The molecule has 1 aliphatic rings. The van der Waals surface area contributed by atoms with Crippen molar-refractivity contribution in [2.24, 2.45) is 0 Å². The first-order valence-electron chi connectivity index (χ1n) is 7.41. The fourth-order valence-corrected chi connectivity index (χ4v) is 2.20. The summed E-state index contributed by atoms with van der Waals surface area (Å²) >= 11 is 0. The number of rotatable bonds is 7. The topological polar surface area (TPSA) is 62.3 Å². The average Bonchev–Trinajstić information content (AvgIpc) is 2.48. The van der Waals surface area contributed by atoms with Gasteiger partial charge in [0, 0.05) is 37.9 Å². The van der Waals surface area contributed by atoms with Gasteiger partial charge in [0.05, 0.1) is 13.2 Å². The van der Waals surface area contributed by atoms with Crippen molar-refractivity contribution in [3.63, 3.8) is 0 Å². The maximum atomic E-state index is 5.35. The van der Waals surface area contributed by atoms with Crippen LogP contribution in [0.5, 0.6) is 0 Å². The van der Waals surface area contributed by atoms with Crippen LogP contribution in [0.15, 0.2) is 6.20 Å². The number of morpholine rings is 1. The van der Waals surface area contributed by atoms with Crippen molar-refractivity contribution in [2.45, 2.75) is 20.3 Å². The molecule has 0 aromatic carbocycles. The van der Waals surface area contributed by atoms with Gasteiger partial charge >= 0.3 is 0 Å². The van der Waals surface area contributed by atoms with E-state index >= 15 is 0 Å². The van der Waals surface area contributed by atoms with Gasteiger partial charge in [0.1, 0.15) is 5.82 Å². The van der Waals surface area contributed by atoms with Crippen LogP contribution < -0.4 is 10.6 Å². The zero-order valence-corrected chi connectivity index (χ0v) is 12.5. The molecule has 6 nitrogen and oxygen atoms in total. The molecule has 2 heterocycles. The van der Waals surface area contributed by atoms with Gasteiger partial charge < -0.3 is 15.4 Å². The summed E-state index contributed by atoms with van der Waals surface area (Å²) in [6.45, 7) is 10.8. The second kappa shape index (κ2) is 8.01. The maximum Gasteiger partial charge on any atom is 0.224 e. The lowest BCUT2D eigenvalue weighted by Gasteiger charge is -2.26. The third kappa shape index (κ3) is 4.61. The lowest BCUT2D eigenvalue weighted by atomic mass is 10.3. The van der Waals surface area contributed by atoms with Gasteiger partial charge in [0.25, 0.3) is 0 Å². The summed E-state index contributed by atoms with van der Waals surface area (Å²) in [5, 5.41) is 6.54. The molecule has 0 bridgehead atoms. The summed E-state index contributed by atoms with van der Waals surface area (Å²) < 4.78 is 5.35. The summed E-state index contributed by atoms with van der Waals surface area (Å²) in [5.41, 5.74) is 1.08. The lowest BCUT2D eigenvalue weighted by molar-refractivity contribution is 0.0378. The quantitative estimate of drug-likeness (QED) is 0.735. The van der Waals surface area contributed by atoms with E-state index in [1.165, 1.54) is 0 Å². The summed E-state index contributed by atoms with van der Waals surface area (Å²) in [5.74, 6) is 1.62. The number of anilines is 2. The zero-order chi connectivity index (χ0) is 14.2. The molecule has 1 fully saturated rings. The Bertz CT molecular complexity index is 407. The minimum absolute atomic E-state index is 0.689. The van der Waals surface area contributed by atoms with Crippen molar-refractivity contribution >= 4 is 11.8 Å². The number of nitrogens with one attached hydrogen (secondary N) is 2. The van der Waals surface area contributed by atoms with E-state index in [0.29, 0.717) is 5.95 Å². The van der Waals surface area contributed by atoms with E-state index in [1.807, 2.05) is 20.0 Å². The molecule has 1 aromatic rings. The Balaban J connectivity index is 1.73. The Labute approximate surface area is 120 Å². The van der Waals surface area contributed by atoms with Gasteiger partial charge in [-0.1, -0.05) is 0 Å². The predicted molar refractivity (Wildman–Crippen MR) is 81.3 cm³/mol. The SMILES string of the molecule is CCNc1ncc(C)c(NCCCN2CCOCC2)n1. The van der Waals surface area contributed by atoms with E-state index < -0.39 is 0 Å². The van der Waals surface area contributed by atoms with Gasteiger partial charge in [0.15, 0.2) is 0 Å². The van der Waals surface area contributed by atoms with Gasteiger partial charge in [-0.2, -0.15) is 4.98 Å². The van der Waals surface area contributed by atoms with Crippen LogP contribution in [0, 0.1) is 6.92 Å². The van der Waals surface area contributed by atoms with Crippen LogP contribution in [0.25, 0.3) is 0 Å². The smallest absolute Gasteiger partial charge is 0.224 e. The first-order valence-corrected chi connectivity index (χ1v) is 7.41. The van der Waals surface area contributed by atoms with E-state index in [1.54, 1.807) is 0 Å². The van der Waals surface area contributed by atoms with Crippen molar-refractivity contribution in [3.8, 4) is 0 Å². The van der Waals surface area contributed by atoms with Crippen LogP contribution in [0.4, 0.5) is 11.8 Å². The van der Waals surface area contributed by atoms with Crippen LogP contribution in [-0.2, 0) is 4.74 Å². The van der Waals surface area contributed by atoms with Crippen LogP contribution >= 0.6 is 0 Å². The van der Waals surface area contributed by atoms with Gasteiger partial charge in [-0.15, -0.1) is 0 Å². The van der Waals surface area contributed by atoms with Crippen LogP contribution in [0.1, 0.15) is 18.9 Å². The molecule has 20 heavy (non-hydrogen) atoms. The minimum Gasteiger partial charge on any atom is -0.379 e. The van der Waals surface area contributed by atoms with Crippen molar-refractivity contribution in [3.05, 3.63) is 11.8 Å². The predicted octanol–water partition coefficient (Wildman–Crippen LogP) is 1.35. The number of nitrogens with zero attached hydrogens (tertiary/aromatic N) is 3. The molecule has 6 heteroatoms. The molecule has 0 amide bonds. The molecule has 1 aromatic heterocycles. The molecular weight excluding hydrogens is 254 g/mol. The molecule has 0 aliphatic carbocycles. The fourth-order valence-electron chi connectivity index (χ4n) is 2.20. The van der Waals surface area contributed by atoms with Crippen molar-refractivity contribution in [1.29, 1.82) is 0 Å². The maximum absolute atomic E-state index is 5.35. The highest BCUT2D eigenvalue weighted by Gasteiger charge is 2.09. The normalized spacial score (nSPS) is 16.1. The second-order valence-electron chi connectivity index (χ2n) is 4.99. The Morgan fingerprint density at radius 1 is 1.30 bits per heavy atom. The molecule has 1 saturated heterocycles. The summed E-state index contributed by atoms with van der Waals surface area (Å²) in [6.07, 6.45) is 2.97. The largest absolute Gasteiger partial charge is 0.379 e. The summed E-state index contributed by atoms with van der Waals surface area (Å²) in [4.78, 5) is 11.2. The Morgan fingerprint density at radius 3 is 2.85 bits per heavy atom. The molecular formula is C14H25N5O. The number of ether oxygens (including phenoxy) is 1. The van der Waals surface area contributed by atoms with Crippen molar-refractivity contribution in [1.82, 2.24) is 14.9 Å². The number of hydrogen-bond acceptors (Lipinski definition) is 6. The van der Waals surface area contributed by atoms with E-state index in [-0.39, 0.29) is 0 Å². The highest BCUT2D eigenvalue weighted by atomic mass is 16.5. The van der Waals surface area contributed by atoms with E-state index in [2.05, 4.69) is 25.5 Å². The zero-order valence-electron chi connectivity index (χ0n) is 12.5. The molecule has 0 unspecified atom stereocenters. The lowest BCUT2D eigenvalue weighted by Crippen LogP contribution is -2.37. The van der Waals surface area contributed by atoms with Crippen molar-refractivity contribution < 1.29 is 4.74 Å². The first-order chi connectivity index (χ1) is 9.79. The molecule has 112 valence electrons. The number of aryl methyl sites for hydroxylation is 1. The minimum atomic E-state index is 0.689. The highest BCUT2D eigenvalue weighted by Crippen LogP contribution is 2.12. The van der Waals surface area contributed by atoms with Gasteiger partial charge in [0.2, 0.25) is 5.95 Å². The van der Waals surface area contributed by atoms with Gasteiger partial charge in [-0.3, -0.25) is 4.90 Å². The Morgan fingerprint density at radius 2 is 2.10 bits per heavy atom. The summed E-state index contributed by atoms with van der Waals surface area (Å²) in [7, 11) is 0. The Hall–Kier alpha value is -1.40. The molecule has 1 aliphatic heterocycles. The van der Waals surface area contributed by atoms with Crippen LogP contribution in [0.3, 0.4) is 0 Å². The fraction of sp³-hybridized carbons (Fsp3) is 0.714. The van der Waals surface area contributed by atoms with E-state index in [4.69, 9.17) is 4.74 Å². The third-order valence-electron chi connectivity index (χ3n) is 3.35. The van der Waals surface area contributed by atoms with Gasteiger partial charge in [-0.05, 0) is 26.8 Å².